The molecule has 5 nitrogen and oxygen atoms in total. The first-order valence-electron chi connectivity index (χ1n) is 3.95. The van der Waals surface area contributed by atoms with Crippen molar-refractivity contribution in [3.8, 4) is 0 Å². The van der Waals surface area contributed by atoms with Crippen LogP contribution in [0, 0.1) is 10.1 Å². The molecule has 0 fully saturated rings. The summed E-state index contributed by atoms with van der Waals surface area (Å²) in [5.41, 5.74) is 2.53. The monoisotopic (exact) mass is 183 g/mol. The molecule has 72 valence electrons. The minimum atomic E-state index is -0.491. The van der Waals surface area contributed by atoms with Gasteiger partial charge in [0.25, 0.3) is 5.69 Å². The van der Waals surface area contributed by atoms with Gasteiger partial charge in [-0.2, -0.15) is 0 Å². The van der Waals surface area contributed by atoms with E-state index >= 15 is 0 Å². The fourth-order valence-electron chi connectivity index (χ4n) is 0.755. The topological polar surface area (TPSA) is 81.2 Å². The number of hydrazine groups is 1. The maximum atomic E-state index is 10.3. The first kappa shape index (κ1) is 11.4. The van der Waals surface area contributed by atoms with Gasteiger partial charge in [0.1, 0.15) is 5.69 Å². The van der Waals surface area contributed by atoms with Crippen LogP contribution in [0.4, 0.5) is 11.4 Å². The summed E-state index contributed by atoms with van der Waals surface area (Å²) >= 11 is 0. The number of nitrogens with one attached hydrogen (secondary N) is 1. The summed E-state index contributed by atoms with van der Waals surface area (Å²) in [7, 11) is 0. The van der Waals surface area contributed by atoms with Crippen LogP contribution >= 0.6 is 0 Å². The summed E-state index contributed by atoms with van der Waals surface area (Å²) in [6, 6.07) is 6.18. The fraction of sp³-hybridized carbons (Fsp3) is 0.250. The largest absolute Gasteiger partial charge is 0.318 e. The second-order valence-corrected chi connectivity index (χ2v) is 1.92. The van der Waals surface area contributed by atoms with Gasteiger partial charge in [-0.3, -0.25) is 16.0 Å². The Morgan fingerprint density at radius 2 is 1.92 bits per heavy atom. The van der Waals surface area contributed by atoms with Crippen LogP contribution in [0.5, 0.6) is 0 Å². The van der Waals surface area contributed by atoms with Gasteiger partial charge in [-0.05, 0) is 6.07 Å². The Labute approximate surface area is 76.7 Å². The fourth-order valence-corrected chi connectivity index (χ4v) is 0.755. The quantitative estimate of drug-likeness (QED) is 0.417. The molecule has 13 heavy (non-hydrogen) atoms. The van der Waals surface area contributed by atoms with E-state index in [0.29, 0.717) is 5.69 Å². The van der Waals surface area contributed by atoms with Crippen molar-refractivity contribution in [2.45, 2.75) is 13.8 Å². The lowest BCUT2D eigenvalue weighted by molar-refractivity contribution is -0.384. The molecule has 0 radical (unpaired) electrons. The Morgan fingerprint density at radius 3 is 2.31 bits per heavy atom. The van der Waals surface area contributed by atoms with Crippen LogP contribution in [0.1, 0.15) is 13.8 Å². The lowest BCUT2D eigenvalue weighted by Gasteiger charge is -1.98. The van der Waals surface area contributed by atoms with Crippen molar-refractivity contribution < 1.29 is 4.92 Å². The van der Waals surface area contributed by atoms with Gasteiger partial charge < -0.3 is 5.43 Å². The number of nitro benzene ring substituents is 1. The van der Waals surface area contributed by atoms with Gasteiger partial charge >= 0.3 is 0 Å². The van der Waals surface area contributed by atoms with E-state index in [9.17, 15) is 10.1 Å². The number of benzene rings is 1. The summed E-state index contributed by atoms with van der Waals surface area (Å²) in [5.74, 6) is 5.03. The second-order valence-electron chi connectivity index (χ2n) is 1.92. The van der Waals surface area contributed by atoms with Gasteiger partial charge in [0.05, 0.1) is 4.92 Å². The predicted octanol–water partition coefficient (Wildman–Crippen LogP) is 1.91. The molecule has 1 aromatic rings. The predicted molar refractivity (Wildman–Crippen MR) is 52.3 cm³/mol. The average molecular weight is 183 g/mol. The molecular formula is C8H13N3O2. The molecule has 1 rings (SSSR count). The van der Waals surface area contributed by atoms with Gasteiger partial charge in [0.2, 0.25) is 0 Å². The number of rotatable bonds is 2. The zero-order valence-electron chi connectivity index (χ0n) is 7.65. The molecule has 0 atom stereocenters. The molecule has 0 aliphatic heterocycles. The molecular weight excluding hydrogens is 170 g/mol. The van der Waals surface area contributed by atoms with Gasteiger partial charge in [0, 0.05) is 6.07 Å². The van der Waals surface area contributed by atoms with E-state index in [2.05, 4.69) is 5.43 Å². The number of nitrogens with zero attached hydrogens (tertiary/aromatic N) is 1. The lowest BCUT2D eigenvalue weighted by atomic mass is 10.3. The standard InChI is InChI=1S/C6H7N3O2.C2H6/c7-8-5-3-1-2-4-6(5)9(10)11;1-2/h1-4,8H,7H2;1-2H3. The number of nitro groups is 1. The SMILES string of the molecule is CC.NNc1ccccc1[N+](=O)[O-]. The van der Waals surface area contributed by atoms with Crippen molar-refractivity contribution in [3.63, 3.8) is 0 Å². The van der Waals surface area contributed by atoms with Crippen molar-refractivity contribution in [3.05, 3.63) is 34.4 Å². The van der Waals surface area contributed by atoms with E-state index in [0.717, 1.165) is 0 Å². The van der Waals surface area contributed by atoms with Gasteiger partial charge in [-0.25, -0.2) is 0 Å². The average Bonchev–Trinajstić information content (AvgIpc) is 2.20. The van der Waals surface area contributed by atoms with Crippen molar-refractivity contribution in [2.24, 2.45) is 5.84 Å². The maximum absolute atomic E-state index is 10.3. The van der Waals surface area contributed by atoms with Crippen molar-refractivity contribution in [1.82, 2.24) is 0 Å². The van der Waals surface area contributed by atoms with E-state index in [1.54, 1.807) is 12.1 Å². The normalized spacial score (nSPS) is 8.23. The molecule has 3 N–H and O–H groups in total. The van der Waals surface area contributed by atoms with Gasteiger partial charge in [0.15, 0.2) is 0 Å². The summed E-state index contributed by atoms with van der Waals surface area (Å²) in [6.45, 7) is 4.00. The number of nitrogen functional groups attached to an aromatic ring is 1. The molecule has 5 heteroatoms. The van der Waals surface area contributed by atoms with Gasteiger partial charge in [-0.1, -0.05) is 26.0 Å². The molecule has 0 unspecified atom stereocenters. The highest BCUT2D eigenvalue weighted by atomic mass is 16.6. The summed E-state index contributed by atoms with van der Waals surface area (Å²) in [6.07, 6.45) is 0. The van der Waals surface area contributed by atoms with Crippen molar-refractivity contribution in [2.75, 3.05) is 5.43 Å². The van der Waals surface area contributed by atoms with Crippen LogP contribution in [-0.4, -0.2) is 4.92 Å². The zero-order valence-corrected chi connectivity index (χ0v) is 7.65. The highest BCUT2D eigenvalue weighted by molar-refractivity contribution is 5.60. The van der Waals surface area contributed by atoms with Crippen LogP contribution in [0.15, 0.2) is 24.3 Å². The third kappa shape index (κ3) is 3.08. The smallest absolute Gasteiger partial charge is 0.293 e. The maximum Gasteiger partial charge on any atom is 0.293 e. The van der Waals surface area contributed by atoms with E-state index in [-0.39, 0.29) is 5.69 Å². The van der Waals surface area contributed by atoms with Crippen molar-refractivity contribution >= 4 is 11.4 Å². The molecule has 0 amide bonds. The van der Waals surface area contributed by atoms with Crippen LogP contribution < -0.4 is 11.3 Å². The van der Waals surface area contributed by atoms with Crippen LogP contribution in [0.3, 0.4) is 0 Å². The third-order valence-electron chi connectivity index (χ3n) is 1.26. The Morgan fingerprint density at radius 1 is 1.38 bits per heavy atom. The summed E-state index contributed by atoms with van der Waals surface area (Å²) < 4.78 is 0. The number of anilines is 1. The molecule has 0 saturated carbocycles. The number of hydrogen-bond acceptors (Lipinski definition) is 4. The molecule has 0 aliphatic rings. The first-order chi connectivity index (χ1) is 6.25. The van der Waals surface area contributed by atoms with Crippen LogP contribution in [0.2, 0.25) is 0 Å². The molecule has 0 bridgehead atoms. The second kappa shape index (κ2) is 5.96. The first-order valence-corrected chi connectivity index (χ1v) is 3.95. The third-order valence-corrected chi connectivity index (χ3v) is 1.26. The molecule has 0 heterocycles. The zero-order chi connectivity index (χ0) is 10.3. The number of para-hydroxylation sites is 2. The summed E-state index contributed by atoms with van der Waals surface area (Å²) in [4.78, 5) is 9.80. The minimum Gasteiger partial charge on any atom is -0.318 e. The van der Waals surface area contributed by atoms with Crippen LogP contribution in [0.25, 0.3) is 0 Å². The highest BCUT2D eigenvalue weighted by Gasteiger charge is 2.09. The molecule has 1 aromatic carbocycles. The van der Waals surface area contributed by atoms with E-state index in [4.69, 9.17) is 5.84 Å². The minimum absolute atomic E-state index is 0.0185. The van der Waals surface area contributed by atoms with Crippen LogP contribution in [-0.2, 0) is 0 Å². The molecule has 0 aliphatic carbocycles. The molecule has 0 saturated heterocycles. The Bertz CT molecular complexity index is 276. The van der Waals surface area contributed by atoms with E-state index < -0.39 is 4.92 Å². The van der Waals surface area contributed by atoms with Crippen molar-refractivity contribution in [1.29, 1.82) is 0 Å². The van der Waals surface area contributed by atoms with E-state index in [1.165, 1.54) is 12.1 Å². The number of nitrogens with two attached hydrogens (primary N) is 1. The Kier molecular flexibility index (Phi) is 5.22. The number of hydrogen-bond donors (Lipinski definition) is 2. The van der Waals surface area contributed by atoms with E-state index in [1.807, 2.05) is 13.8 Å². The highest BCUT2D eigenvalue weighted by Crippen LogP contribution is 2.21. The Hall–Kier alpha value is -1.62. The van der Waals surface area contributed by atoms with Gasteiger partial charge in [-0.15, -0.1) is 0 Å². The molecule has 0 aromatic heterocycles. The Balaban J connectivity index is 0.000000671. The summed E-state index contributed by atoms with van der Waals surface area (Å²) in [5, 5.41) is 10.3. The lowest BCUT2D eigenvalue weighted by Crippen LogP contribution is -2.08. The molecule has 0 spiro atoms.